The van der Waals surface area contributed by atoms with Crippen molar-refractivity contribution in [2.45, 2.75) is 76.7 Å². The van der Waals surface area contributed by atoms with Crippen molar-refractivity contribution in [1.82, 2.24) is 19.6 Å². The molecule has 2 saturated heterocycles. The molecule has 0 N–H and O–H groups in total. The zero-order valence-electron chi connectivity index (χ0n) is 18.5. The van der Waals surface area contributed by atoms with Crippen LogP contribution in [-0.2, 0) is 24.4 Å². The van der Waals surface area contributed by atoms with Gasteiger partial charge in [-0.2, -0.15) is 5.10 Å². The van der Waals surface area contributed by atoms with Gasteiger partial charge in [0.05, 0.1) is 12.2 Å². The van der Waals surface area contributed by atoms with Crippen molar-refractivity contribution in [3.8, 4) is 0 Å². The summed E-state index contributed by atoms with van der Waals surface area (Å²) in [4.78, 5) is 29.9. The number of nitrogens with zero attached hydrogens (tertiary/aromatic N) is 4. The topological polar surface area (TPSA) is 67.7 Å². The lowest BCUT2D eigenvalue weighted by Crippen LogP contribution is -2.52. The average Bonchev–Trinajstić information content (AvgIpc) is 3.07. The zero-order chi connectivity index (χ0) is 22.9. The van der Waals surface area contributed by atoms with Gasteiger partial charge in [0, 0.05) is 35.2 Å². The van der Waals surface area contributed by atoms with E-state index in [2.05, 4.69) is 10.00 Å². The SMILES string of the molecule is O=C(OCc1cc(Cl)cc(Cl)c1)N1CCCn2nc(C(=O)N3C4CCCC3CCC4)cc2C1. The molecule has 4 heterocycles. The summed E-state index contributed by atoms with van der Waals surface area (Å²) < 4.78 is 7.38. The number of amides is 2. The van der Waals surface area contributed by atoms with Gasteiger partial charge in [0.1, 0.15) is 6.61 Å². The van der Waals surface area contributed by atoms with E-state index in [1.807, 2.05) is 10.7 Å². The molecular weight excluding hydrogens is 463 g/mol. The molecule has 2 fully saturated rings. The summed E-state index contributed by atoms with van der Waals surface area (Å²) in [5, 5.41) is 5.64. The number of hydrogen-bond acceptors (Lipinski definition) is 4. The fraction of sp³-hybridized carbons (Fsp3) is 0.542. The van der Waals surface area contributed by atoms with E-state index < -0.39 is 6.09 Å². The first kappa shape index (κ1) is 22.5. The van der Waals surface area contributed by atoms with Crippen molar-refractivity contribution >= 4 is 35.2 Å². The number of halogens is 2. The second kappa shape index (κ2) is 9.55. The van der Waals surface area contributed by atoms with Crippen LogP contribution >= 0.6 is 23.2 Å². The van der Waals surface area contributed by atoms with Gasteiger partial charge >= 0.3 is 6.09 Å². The molecule has 0 aliphatic carbocycles. The zero-order valence-corrected chi connectivity index (χ0v) is 20.0. The Bertz CT molecular complexity index is 1010. The van der Waals surface area contributed by atoms with E-state index in [4.69, 9.17) is 27.9 Å². The van der Waals surface area contributed by atoms with Crippen molar-refractivity contribution in [3.63, 3.8) is 0 Å². The third-order valence-corrected chi connectivity index (χ3v) is 7.38. The van der Waals surface area contributed by atoms with Gasteiger partial charge in [0.25, 0.3) is 5.91 Å². The summed E-state index contributed by atoms with van der Waals surface area (Å²) in [5.41, 5.74) is 2.09. The molecule has 3 aliphatic rings. The highest BCUT2D eigenvalue weighted by molar-refractivity contribution is 6.34. The van der Waals surface area contributed by atoms with E-state index in [0.717, 1.165) is 43.4 Å². The first-order valence-corrected chi connectivity index (χ1v) is 12.5. The summed E-state index contributed by atoms with van der Waals surface area (Å²) >= 11 is 12.1. The number of rotatable bonds is 3. The molecule has 0 radical (unpaired) electrons. The minimum Gasteiger partial charge on any atom is -0.445 e. The van der Waals surface area contributed by atoms with Crippen molar-refractivity contribution < 1.29 is 14.3 Å². The minimum absolute atomic E-state index is 0.0388. The number of piperidine rings is 2. The minimum atomic E-state index is -0.404. The fourth-order valence-electron chi connectivity index (χ4n) is 5.44. The van der Waals surface area contributed by atoms with Crippen LogP contribution in [0.15, 0.2) is 24.3 Å². The number of carbonyl (C=O) groups is 2. The first-order valence-electron chi connectivity index (χ1n) is 11.7. The maximum absolute atomic E-state index is 13.4. The normalized spacial score (nSPS) is 22.5. The molecule has 7 nitrogen and oxygen atoms in total. The number of hydrogen-bond donors (Lipinski definition) is 0. The maximum Gasteiger partial charge on any atom is 0.410 e. The Kier molecular flexibility index (Phi) is 6.52. The van der Waals surface area contributed by atoms with E-state index in [9.17, 15) is 9.59 Å². The number of aromatic nitrogens is 2. The lowest BCUT2D eigenvalue weighted by atomic mass is 9.84. The third kappa shape index (κ3) is 4.85. The summed E-state index contributed by atoms with van der Waals surface area (Å²) in [5.74, 6) is 0.0388. The molecule has 1 aromatic heterocycles. The second-order valence-corrected chi connectivity index (χ2v) is 10.1. The van der Waals surface area contributed by atoms with Gasteiger partial charge in [-0.25, -0.2) is 4.79 Å². The fourth-order valence-corrected chi connectivity index (χ4v) is 6.01. The van der Waals surface area contributed by atoms with E-state index in [1.54, 1.807) is 23.1 Å². The summed E-state index contributed by atoms with van der Waals surface area (Å²) in [6, 6.07) is 7.64. The predicted octanol–water partition coefficient (Wildman–Crippen LogP) is 5.28. The Morgan fingerprint density at radius 3 is 2.27 bits per heavy atom. The molecule has 2 amide bonds. The summed E-state index contributed by atoms with van der Waals surface area (Å²) in [6.07, 6.45) is 7.12. The smallest absolute Gasteiger partial charge is 0.410 e. The van der Waals surface area contributed by atoms with E-state index in [1.165, 1.54) is 12.8 Å². The highest BCUT2D eigenvalue weighted by Gasteiger charge is 2.38. The van der Waals surface area contributed by atoms with Gasteiger partial charge in [-0.1, -0.05) is 23.2 Å². The van der Waals surface area contributed by atoms with Crippen LogP contribution in [0.5, 0.6) is 0 Å². The lowest BCUT2D eigenvalue weighted by molar-refractivity contribution is 0.0279. The molecule has 2 bridgehead atoms. The van der Waals surface area contributed by atoms with Gasteiger partial charge < -0.3 is 14.5 Å². The van der Waals surface area contributed by atoms with Crippen LogP contribution in [0.4, 0.5) is 4.79 Å². The van der Waals surface area contributed by atoms with Crippen LogP contribution in [0.2, 0.25) is 10.0 Å². The Hall–Kier alpha value is -2.25. The van der Waals surface area contributed by atoms with Gasteiger partial charge in [-0.15, -0.1) is 0 Å². The molecule has 33 heavy (non-hydrogen) atoms. The van der Waals surface area contributed by atoms with Crippen molar-refractivity contribution in [1.29, 1.82) is 0 Å². The number of fused-ring (bicyclic) bond motifs is 3. The highest BCUT2D eigenvalue weighted by Crippen LogP contribution is 2.35. The van der Waals surface area contributed by atoms with Crippen LogP contribution in [0.3, 0.4) is 0 Å². The van der Waals surface area contributed by atoms with Gasteiger partial charge in [0.2, 0.25) is 0 Å². The standard InChI is InChI=1S/C24H28Cl2N4O3/c25-17-10-16(11-18(26)12-17)15-33-24(32)28-8-3-9-29-21(14-28)13-22(27-29)23(31)30-19-4-1-5-20(30)7-2-6-19/h10-13,19-20H,1-9,14-15H2. The molecule has 0 spiro atoms. The molecule has 0 unspecified atom stereocenters. The molecule has 176 valence electrons. The predicted molar refractivity (Wildman–Crippen MR) is 125 cm³/mol. The largest absolute Gasteiger partial charge is 0.445 e. The van der Waals surface area contributed by atoms with Gasteiger partial charge in [-0.05, 0) is 74.8 Å². The molecule has 2 aromatic rings. The van der Waals surface area contributed by atoms with Crippen LogP contribution in [0.25, 0.3) is 0 Å². The molecule has 9 heteroatoms. The number of carbonyl (C=O) groups excluding carboxylic acids is 2. The third-order valence-electron chi connectivity index (χ3n) is 6.95. The molecule has 0 saturated carbocycles. The van der Waals surface area contributed by atoms with Crippen LogP contribution in [0.1, 0.15) is 66.7 Å². The Morgan fingerprint density at radius 2 is 1.61 bits per heavy atom. The number of ether oxygens (including phenoxy) is 1. The van der Waals surface area contributed by atoms with Crippen molar-refractivity contribution in [2.75, 3.05) is 6.54 Å². The highest BCUT2D eigenvalue weighted by atomic mass is 35.5. The van der Waals surface area contributed by atoms with Crippen molar-refractivity contribution in [2.24, 2.45) is 0 Å². The van der Waals surface area contributed by atoms with E-state index in [-0.39, 0.29) is 12.5 Å². The number of aryl methyl sites for hydroxylation is 1. The molecule has 3 aliphatic heterocycles. The first-order chi connectivity index (χ1) is 16.0. The van der Waals surface area contributed by atoms with Crippen molar-refractivity contribution in [3.05, 3.63) is 51.3 Å². The molecule has 0 atom stereocenters. The molecule has 5 rings (SSSR count). The summed E-state index contributed by atoms with van der Waals surface area (Å²) in [6.45, 7) is 1.69. The Labute approximate surface area is 203 Å². The van der Waals surface area contributed by atoms with E-state index in [0.29, 0.717) is 47.5 Å². The Morgan fingerprint density at radius 1 is 0.939 bits per heavy atom. The average molecular weight is 491 g/mol. The van der Waals surface area contributed by atoms with Crippen LogP contribution in [-0.4, -0.2) is 50.2 Å². The van der Waals surface area contributed by atoms with Gasteiger partial charge in [0.15, 0.2) is 5.69 Å². The van der Waals surface area contributed by atoms with E-state index >= 15 is 0 Å². The monoisotopic (exact) mass is 490 g/mol. The number of benzene rings is 1. The van der Waals surface area contributed by atoms with Crippen LogP contribution in [0, 0.1) is 0 Å². The molecule has 1 aromatic carbocycles. The quantitative estimate of drug-likeness (QED) is 0.586. The van der Waals surface area contributed by atoms with Crippen LogP contribution < -0.4 is 0 Å². The summed E-state index contributed by atoms with van der Waals surface area (Å²) in [7, 11) is 0. The van der Waals surface area contributed by atoms with Gasteiger partial charge in [-0.3, -0.25) is 9.48 Å². The molecular formula is C24H28Cl2N4O3. The Balaban J connectivity index is 1.26. The second-order valence-electron chi connectivity index (χ2n) is 9.23. The lowest BCUT2D eigenvalue weighted by Gasteiger charge is -2.45. The maximum atomic E-state index is 13.4.